The van der Waals surface area contributed by atoms with Crippen LogP contribution in [0.4, 0.5) is 0 Å². The highest BCUT2D eigenvalue weighted by atomic mass is 16.7. The number of rotatable bonds is 5. The zero-order valence-electron chi connectivity index (χ0n) is 15.2. The topological polar surface area (TPSA) is 109 Å². The Bertz CT molecular complexity index is 1030. The van der Waals surface area contributed by atoms with Crippen LogP contribution < -0.4 is 18.9 Å². The molecule has 148 valence electrons. The maximum absolute atomic E-state index is 12.1. The predicted molar refractivity (Wildman–Crippen MR) is 95.7 cm³/mol. The number of carbonyl (C=O) groups excluding carboxylic acids is 1. The zero-order chi connectivity index (χ0) is 19.8. The van der Waals surface area contributed by atoms with Crippen molar-refractivity contribution in [1.29, 1.82) is 0 Å². The number of nitrogens with zero attached hydrogens (tertiary/aromatic N) is 2. The SMILES string of the molecule is [N-]=[N+]=C1C(=O)O[C@@H](c2ccc3c(c2)OCO3)[C@@H]1COCc1ccc2c(c1)OCO2. The normalized spacial score (nSPS) is 21.2. The predicted octanol–water partition coefficient (Wildman–Crippen LogP) is 2.25. The van der Waals surface area contributed by atoms with Crippen molar-refractivity contribution < 1.29 is 38.0 Å². The minimum Gasteiger partial charge on any atom is -0.454 e. The Morgan fingerprint density at radius 2 is 1.66 bits per heavy atom. The molecule has 1 saturated heterocycles. The highest BCUT2D eigenvalue weighted by Gasteiger charge is 2.49. The van der Waals surface area contributed by atoms with Crippen LogP contribution in [0.1, 0.15) is 17.2 Å². The average molecular weight is 396 g/mol. The van der Waals surface area contributed by atoms with Gasteiger partial charge >= 0.3 is 11.7 Å². The Morgan fingerprint density at radius 1 is 0.966 bits per heavy atom. The van der Waals surface area contributed by atoms with E-state index in [1.807, 2.05) is 18.2 Å². The molecule has 29 heavy (non-hydrogen) atoms. The Kier molecular flexibility index (Phi) is 4.31. The molecule has 0 bridgehead atoms. The van der Waals surface area contributed by atoms with E-state index >= 15 is 0 Å². The number of esters is 1. The molecule has 0 spiro atoms. The van der Waals surface area contributed by atoms with E-state index in [2.05, 4.69) is 4.79 Å². The Balaban J connectivity index is 1.32. The van der Waals surface area contributed by atoms with Crippen LogP contribution in [-0.2, 0) is 20.9 Å². The maximum Gasteiger partial charge on any atom is 0.418 e. The molecule has 9 nitrogen and oxygen atoms in total. The number of hydrogen-bond donors (Lipinski definition) is 0. The minimum absolute atomic E-state index is 0.0710. The fourth-order valence-electron chi connectivity index (χ4n) is 3.56. The molecule has 0 N–H and O–H groups in total. The molecular formula is C20H16N2O7. The van der Waals surface area contributed by atoms with E-state index in [-0.39, 0.29) is 32.5 Å². The lowest BCUT2D eigenvalue weighted by molar-refractivity contribution is -0.140. The summed E-state index contributed by atoms with van der Waals surface area (Å²) in [5.74, 6) is 1.33. The van der Waals surface area contributed by atoms with Gasteiger partial charge in [-0.3, -0.25) is 0 Å². The van der Waals surface area contributed by atoms with E-state index in [1.165, 1.54) is 0 Å². The van der Waals surface area contributed by atoms with Gasteiger partial charge in [0, 0.05) is 0 Å². The Morgan fingerprint density at radius 3 is 2.41 bits per heavy atom. The van der Waals surface area contributed by atoms with Gasteiger partial charge in [0.05, 0.1) is 13.2 Å². The maximum atomic E-state index is 12.1. The fraction of sp³-hybridized carbons (Fsp3) is 0.300. The standard InChI is InChI=1S/C20H16N2O7/c21-22-18-13(8-24-7-11-1-3-14-16(5-11)27-9-25-14)19(29-20(18)23)12-2-4-15-17(6-12)28-10-26-15/h1-6,13,19H,7-10H2/t13-,19+/m1/s1. The second kappa shape index (κ2) is 7.12. The molecule has 2 atom stereocenters. The third-order valence-electron chi connectivity index (χ3n) is 5.00. The monoisotopic (exact) mass is 396 g/mol. The molecule has 0 saturated carbocycles. The molecule has 5 rings (SSSR count). The van der Waals surface area contributed by atoms with E-state index in [0.29, 0.717) is 28.6 Å². The van der Waals surface area contributed by atoms with Crippen LogP contribution >= 0.6 is 0 Å². The first-order valence-corrected chi connectivity index (χ1v) is 9.01. The van der Waals surface area contributed by atoms with Crippen molar-refractivity contribution in [1.82, 2.24) is 0 Å². The lowest BCUT2D eigenvalue weighted by Gasteiger charge is -2.16. The summed E-state index contributed by atoms with van der Waals surface area (Å²) >= 11 is 0. The van der Waals surface area contributed by atoms with Gasteiger partial charge in [0.1, 0.15) is 12.0 Å². The molecule has 0 unspecified atom stereocenters. The van der Waals surface area contributed by atoms with E-state index in [4.69, 9.17) is 28.4 Å². The molecular weight excluding hydrogens is 380 g/mol. The third-order valence-corrected chi connectivity index (χ3v) is 5.00. The molecule has 0 amide bonds. The number of ether oxygens (including phenoxy) is 6. The van der Waals surface area contributed by atoms with Crippen LogP contribution in [0.15, 0.2) is 36.4 Å². The first kappa shape index (κ1) is 17.5. The summed E-state index contributed by atoms with van der Waals surface area (Å²) < 4.78 is 32.6. The number of fused-ring (bicyclic) bond motifs is 2. The summed E-state index contributed by atoms with van der Waals surface area (Å²) in [5, 5.41) is 0. The molecule has 1 fully saturated rings. The first-order chi connectivity index (χ1) is 14.2. The Labute approximate surface area is 165 Å². The quantitative estimate of drug-likeness (QED) is 0.433. The number of benzene rings is 2. The van der Waals surface area contributed by atoms with Gasteiger partial charge in [-0.25, -0.2) is 4.79 Å². The van der Waals surface area contributed by atoms with Crippen LogP contribution in [0.2, 0.25) is 0 Å². The second-order valence-corrected chi connectivity index (χ2v) is 6.73. The van der Waals surface area contributed by atoms with Gasteiger partial charge in [-0.1, -0.05) is 12.1 Å². The van der Waals surface area contributed by atoms with Crippen LogP contribution in [0.25, 0.3) is 5.53 Å². The average Bonchev–Trinajstić information content (AvgIpc) is 3.45. The molecule has 0 radical (unpaired) electrons. The lowest BCUT2D eigenvalue weighted by atomic mass is 9.94. The summed E-state index contributed by atoms with van der Waals surface area (Å²) in [5.41, 5.74) is 10.8. The Hall–Kier alpha value is -3.55. The lowest BCUT2D eigenvalue weighted by Crippen LogP contribution is -2.23. The van der Waals surface area contributed by atoms with Gasteiger partial charge in [-0.05, 0) is 35.4 Å². The number of hydrogen-bond acceptors (Lipinski definition) is 7. The summed E-state index contributed by atoms with van der Waals surface area (Å²) in [6.45, 7) is 0.760. The van der Waals surface area contributed by atoms with Crippen LogP contribution in [0.5, 0.6) is 23.0 Å². The van der Waals surface area contributed by atoms with Crippen molar-refractivity contribution in [2.75, 3.05) is 20.2 Å². The highest BCUT2D eigenvalue weighted by Crippen LogP contribution is 2.40. The molecule has 9 heteroatoms. The fourth-order valence-corrected chi connectivity index (χ4v) is 3.56. The van der Waals surface area contributed by atoms with Crippen LogP contribution in [0, 0.1) is 5.92 Å². The van der Waals surface area contributed by atoms with Gasteiger partial charge in [0.15, 0.2) is 23.0 Å². The van der Waals surface area contributed by atoms with Gasteiger partial charge < -0.3 is 34.0 Å². The van der Waals surface area contributed by atoms with E-state index in [9.17, 15) is 10.3 Å². The van der Waals surface area contributed by atoms with E-state index in [0.717, 1.165) is 5.56 Å². The van der Waals surface area contributed by atoms with Crippen molar-refractivity contribution >= 4 is 11.7 Å². The van der Waals surface area contributed by atoms with Crippen molar-refractivity contribution in [2.24, 2.45) is 5.92 Å². The van der Waals surface area contributed by atoms with Gasteiger partial charge in [0.2, 0.25) is 13.6 Å². The van der Waals surface area contributed by atoms with Gasteiger partial charge in [-0.15, -0.1) is 0 Å². The van der Waals surface area contributed by atoms with Crippen molar-refractivity contribution in [3.8, 4) is 23.0 Å². The number of cyclic esters (lactones) is 1. The van der Waals surface area contributed by atoms with Crippen LogP contribution in [0.3, 0.4) is 0 Å². The summed E-state index contributed by atoms with van der Waals surface area (Å²) in [7, 11) is 0. The zero-order valence-corrected chi connectivity index (χ0v) is 15.2. The summed E-state index contributed by atoms with van der Waals surface area (Å²) in [6, 6.07) is 10.8. The molecule has 0 aromatic heterocycles. The molecule has 3 aliphatic rings. The van der Waals surface area contributed by atoms with Crippen molar-refractivity contribution in [3.05, 3.63) is 53.1 Å². The number of carbonyl (C=O) groups is 1. The highest BCUT2D eigenvalue weighted by molar-refractivity contribution is 6.36. The molecule has 2 aromatic rings. The van der Waals surface area contributed by atoms with Gasteiger partial charge in [0.25, 0.3) is 0 Å². The van der Waals surface area contributed by atoms with Crippen molar-refractivity contribution in [3.63, 3.8) is 0 Å². The first-order valence-electron chi connectivity index (χ1n) is 9.01. The molecule has 2 aromatic carbocycles. The van der Waals surface area contributed by atoms with E-state index in [1.54, 1.807) is 18.2 Å². The smallest absolute Gasteiger partial charge is 0.418 e. The third kappa shape index (κ3) is 3.16. The second-order valence-electron chi connectivity index (χ2n) is 6.73. The largest absolute Gasteiger partial charge is 0.454 e. The molecule has 3 aliphatic heterocycles. The van der Waals surface area contributed by atoms with Crippen molar-refractivity contribution in [2.45, 2.75) is 12.7 Å². The van der Waals surface area contributed by atoms with Crippen LogP contribution in [-0.4, -0.2) is 36.7 Å². The molecule has 0 aliphatic carbocycles. The molecule has 3 heterocycles. The van der Waals surface area contributed by atoms with Gasteiger partial charge in [-0.2, -0.15) is 4.79 Å². The summed E-state index contributed by atoms with van der Waals surface area (Å²) in [4.78, 5) is 15.3. The summed E-state index contributed by atoms with van der Waals surface area (Å²) in [6.07, 6.45) is -0.653. The minimum atomic E-state index is -0.674. The van der Waals surface area contributed by atoms with E-state index < -0.39 is 18.0 Å².